The van der Waals surface area contributed by atoms with Gasteiger partial charge >= 0.3 is 0 Å². The number of aromatic nitrogens is 2. The van der Waals surface area contributed by atoms with E-state index in [-0.39, 0.29) is 11.7 Å². The molecule has 2 aromatic rings. The molecule has 0 bridgehead atoms. The number of rotatable bonds is 5. The second kappa shape index (κ2) is 7.37. The number of aromatic amines is 1. The maximum absolute atomic E-state index is 13.0. The highest BCUT2D eigenvalue weighted by molar-refractivity contribution is 5.99. The van der Waals surface area contributed by atoms with Gasteiger partial charge in [0.25, 0.3) is 5.91 Å². The van der Waals surface area contributed by atoms with E-state index in [1.807, 2.05) is 0 Å². The second-order valence-corrected chi connectivity index (χ2v) is 5.92. The molecule has 1 amide bonds. The number of benzene rings is 1. The molecular formula is C17H21FN4O. The third kappa shape index (κ3) is 3.96. The summed E-state index contributed by atoms with van der Waals surface area (Å²) in [6, 6.07) is 6.00. The van der Waals surface area contributed by atoms with Crippen LogP contribution in [0.4, 0.5) is 4.39 Å². The van der Waals surface area contributed by atoms with Crippen molar-refractivity contribution in [3.8, 4) is 11.3 Å². The van der Waals surface area contributed by atoms with Crippen LogP contribution in [0.3, 0.4) is 0 Å². The zero-order chi connectivity index (χ0) is 16.1. The predicted molar refractivity (Wildman–Crippen MR) is 86.5 cm³/mol. The number of carbonyl (C=O) groups excluding carboxylic acids is 1. The van der Waals surface area contributed by atoms with E-state index in [1.54, 1.807) is 12.1 Å². The molecule has 1 aliphatic heterocycles. The van der Waals surface area contributed by atoms with Crippen LogP contribution in [0.25, 0.3) is 11.3 Å². The predicted octanol–water partition coefficient (Wildman–Crippen LogP) is 2.34. The van der Waals surface area contributed by atoms with E-state index in [0.29, 0.717) is 23.7 Å². The molecule has 122 valence electrons. The van der Waals surface area contributed by atoms with Crippen LogP contribution in [0.5, 0.6) is 0 Å². The molecule has 1 atom stereocenters. The van der Waals surface area contributed by atoms with Gasteiger partial charge in [0.05, 0.1) is 17.5 Å². The van der Waals surface area contributed by atoms with Crippen molar-refractivity contribution >= 4 is 5.91 Å². The summed E-state index contributed by atoms with van der Waals surface area (Å²) in [6.45, 7) is 2.78. The lowest BCUT2D eigenvalue weighted by Crippen LogP contribution is -2.33. The molecule has 0 aliphatic carbocycles. The number of hydrogen-bond donors (Lipinski definition) is 3. The Balaban J connectivity index is 1.59. The summed E-state index contributed by atoms with van der Waals surface area (Å²) in [7, 11) is 0. The lowest BCUT2D eigenvalue weighted by molar-refractivity contribution is 0.0951. The number of piperidine rings is 1. The van der Waals surface area contributed by atoms with Crippen LogP contribution in [-0.2, 0) is 0 Å². The molecule has 1 aliphatic rings. The Kier molecular flexibility index (Phi) is 5.02. The average molecular weight is 316 g/mol. The van der Waals surface area contributed by atoms with Crippen molar-refractivity contribution in [2.75, 3.05) is 19.6 Å². The summed E-state index contributed by atoms with van der Waals surface area (Å²) in [6.07, 6.45) is 4.91. The molecular weight excluding hydrogens is 295 g/mol. The van der Waals surface area contributed by atoms with Gasteiger partial charge in [0.15, 0.2) is 0 Å². The fraction of sp³-hybridized carbons (Fsp3) is 0.412. The third-order valence-corrected chi connectivity index (χ3v) is 4.25. The maximum atomic E-state index is 13.0. The number of halogens is 1. The molecule has 3 rings (SSSR count). The summed E-state index contributed by atoms with van der Waals surface area (Å²) in [5, 5.41) is 13.1. The molecule has 1 aromatic heterocycles. The van der Waals surface area contributed by atoms with Crippen LogP contribution in [0.15, 0.2) is 30.5 Å². The van der Waals surface area contributed by atoms with Gasteiger partial charge in [-0.3, -0.25) is 9.89 Å². The molecule has 1 unspecified atom stereocenters. The summed E-state index contributed by atoms with van der Waals surface area (Å²) in [5.74, 6) is 0.173. The van der Waals surface area contributed by atoms with E-state index in [1.165, 1.54) is 31.2 Å². The lowest BCUT2D eigenvalue weighted by Gasteiger charge is -2.22. The van der Waals surface area contributed by atoms with E-state index in [9.17, 15) is 9.18 Å². The highest BCUT2D eigenvalue weighted by Gasteiger charge is 2.17. The zero-order valence-electron chi connectivity index (χ0n) is 12.9. The first-order valence-corrected chi connectivity index (χ1v) is 8.02. The minimum Gasteiger partial charge on any atom is -0.352 e. The second-order valence-electron chi connectivity index (χ2n) is 5.92. The lowest BCUT2D eigenvalue weighted by atomic mass is 9.96. The van der Waals surface area contributed by atoms with Crippen molar-refractivity contribution in [3.05, 3.63) is 41.8 Å². The van der Waals surface area contributed by atoms with Gasteiger partial charge in [-0.25, -0.2) is 4.39 Å². The first-order valence-electron chi connectivity index (χ1n) is 8.02. The summed E-state index contributed by atoms with van der Waals surface area (Å²) < 4.78 is 13.0. The topological polar surface area (TPSA) is 69.8 Å². The van der Waals surface area contributed by atoms with Crippen molar-refractivity contribution in [1.82, 2.24) is 20.8 Å². The Morgan fingerprint density at radius 3 is 2.91 bits per heavy atom. The summed E-state index contributed by atoms with van der Waals surface area (Å²) in [5.41, 5.74) is 1.84. The van der Waals surface area contributed by atoms with Crippen LogP contribution in [0, 0.1) is 11.7 Å². The molecule has 0 spiro atoms. The van der Waals surface area contributed by atoms with Crippen molar-refractivity contribution in [2.45, 2.75) is 19.3 Å². The Morgan fingerprint density at radius 1 is 1.35 bits per heavy atom. The van der Waals surface area contributed by atoms with Crippen molar-refractivity contribution in [1.29, 1.82) is 0 Å². The molecule has 1 saturated heterocycles. The SMILES string of the molecule is O=C(NCCC1CCCNC1)c1cn[nH]c1-c1ccc(F)cc1. The van der Waals surface area contributed by atoms with Crippen LogP contribution in [-0.4, -0.2) is 35.7 Å². The van der Waals surface area contributed by atoms with Gasteiger partial charge in [-0.2, -0.15) is 5.10 Å². The van der Waals surface area contributed by atoms with Gasteiger partial charge in [0, 0.05) is 12.1 Å². The van der Waals surface area contributed by atoms with E-state index >= 15 is 0 Å². The van der Waals surface area contributed by atoms with Gasteiger partial charge in [-0.05, 0) is 62.5 Å². The Labute approximate surface area is 134 Å². The number of nitrogens with zero attached hydrogens (tertiary/aromatic N) is 1. The minimum atomic E-state index is -0.305. The third-order valence-electron chi connectivity index (χ3n) is 4.25. The first-order chi connectivity index (χ1) is 11.2. The fourth-order valence-electron chi connectivity index (χ4n) is 2.95. The Bertz CT molecular complexity index is 647. The molecule has 0 saturated carbocycles. The van der Waals surface area contributed by atoms with Gasteiger partial charge in [0.1, 0.15) is 5.82 Å². The zero-order valence-corrected chi connectivity index (χ0v) is 12.9. The van der Waals surface area contributed by atoms with Crippen LogP contribution in [0.2, 0.25) is 0 Å². The van der Waals surface area contributed by atoms with E-state index < -0.39 is 0 Å². The summed E-state index contributed by atoms with van der Waals surface area (Å²) in [4.78, 5) is 12.3. The number of nitrogens with one attached hydrogen (secondary N) is 3. The standard InChI is InChI=1S/C17H21FN4O/c18-14-5-3-13(4-6-14)16-15(11-21-22-16)17(23)20-9-7-12-2-1-8-19-10-12/h3-6,11-12,19H,1-2,7-10H2,(H,20,23)(H,21,22). The molecule has 1 aromatic carbocycles. The van der Waals surface area contributed by atoms with Crippen molar-refractivity contribution in [3.63, 3.8) is 0 Å². The number of hydrogen-bond acceptors (Lipinski definition) is 3. The highest BCUT2D eigenvalue weighted by Crippen LogP contribution is 2.21. The van der Waals surface area contributed by atoms with Crippen molar-refractivity contribution < 1.29 is 9.18 Å². The number of H-pyrrole nitrogens is 1. The van der Waals surface area contributed by atoms with Gasteiger partial charge in [-0.15, -0.1) is 0 Å². The average Bonchev–Trinajstić information content (AvgIpc) is 3.06. The van der Waals surface area contributed by atoms with E-state index in [2.05, 4.69) is 20.8 Å². The number of amides is 1. The highest BCUT2D eigenvalue weighted by atomic mass is 19.1. The van der Waals surface area contributed by atoms with Crippen LogP contribution < -0.4 is 10.6 Å². The minimum absolute atomic E-state index is 0.151. The molecule has 3 N–H and O–H groups in total. The molecule has 0 radical (unpaired) electrons. The fourth-order valence-corrected chi connectivity index (χ4v) is 2.95. The largest absolute Gasteiger partial charge is 0.352 e. The molecule has 1 fully saturated rings. The van der Waals surface area contributed by atoms with Gasteiger partial charge in [0.2, 0.25) is 0 Å². The van der Waals surface area contributed by atoms with E-state index in [4.69, 9.17) is 0 Å². The summed E-state index contributed by atoms with van der Waals surface area (Å²) >= 11 is 0. The molecule has 2 heterocycles. The normalized spacial score (nSPS) is 17.9. The van der Waals surface area contributed by atoms with Gasteiger partial charge in [-0.1, -0.05) is 0 Å². The Hall–Kier alpha value is -2.21. The van der Waals surface area contributed by atoms with Crippen LogP contribution >= 0.6 is 0 Å². The van der Waals surface area contributed by atoms with Gasteiger partial charge < -0.3 is 10.6 Å². The maximum Gasteiger partial charge on any atom is 0.255 e. The van der Waals surface area contributed by atoms with Crippen LogP contribution in [0.1, 0.15) is 29.6 Å². The Morgan fingerprint density at radius 2 is 2.17 bits per heavy atom. The molecule has 5 nitrogen and oxygen atoms in total. The first kappa shape index (κ1) is 15.7. The van der Waals surface area contributed by atoms with Crippen molar-refractivity contribution in [2.24, 2.45) is 5.92 Å². The number of carbonyl (C=O) groups is 1. The monoisotopic (exact) mass is 316 g/mol. The molecule has 6 heteroatoms. The quantitative estimate of drug-likeness (QED) is 0.793. The smallest absolute Gasteiger partial charge is 0.255 e. The molecule has 23 heavy (non-hydrogen) atoms. The van der Waals surface area contributed by atoms with E-state index in [0.717, 1.165) is 25.1 Å².